The molecule has 2 atom stereocenters. The number of nitrogens with one attached hydrogen (secondary N) is 1. The maximum absolute atomic E-state index is 12.9. The van der Waals surface area contributed by atoms with Crippen LogP contribution in [-0.2, 0) is 9.59 Å². The molecule has 2 aliphatic heterocycles. The molecule has 0 aliphatic carbocycles. The quantitative estimate of drug-likeness (QED) is 0.821. The number of hydrogen-bond donors (Lipinski definition) is 1. The van der Waals surface area contributed by atoms with Crippen LogP contribution in [0.15, 0.2) is 12.1 Å². The number of hydrogen-bond acceptors (Lipinski definition) is 6. The van der Waals surface area contributed by atoms with E-state index in [0.717, 1.165) is 13.1 Å². The van der Waals surface area contributed by atoms with Crippen LogP contribution in [0.2, 0.25) is 0 Å². The fraction of sp³-hybridized carbons (Fsp3) is 0.579. The van der Waals surface area contributed by atoms with Gasteiger partial charge in [-0.3, -0.25) is 9.59 Å². The van der Waals surface area contributed by atoms with E-state index in [9.17, 15) is 9.59 Å². The predicted molar refractivity (Wildman–Crippen MR) is 101 cm³/mol. The Balaban J connectivity index is 1.82. The molecule has 2 heterocycles. The van der Waals surface area contributed by atoms with E-state index in [1.165, 1.54) is 21.3 Å². The zero-order valence-electron chi connectivity index (χ0n) is 16.3. The zero-order chi connectivity index (χ0) is 19.6. The fourth-order valence-electron chi connectivity index (χ4n) is 3.75. The molecular weight excluding hydrogens is 350 g/mol. The van der Waals surface area contributed by atoms with Gasteiger partial charge in [0.15, 0.2) is 11.5 Å². The van der Waals surface area contributed by atoms with Gasteiger partial charge in [0.1, 0.15) is 0 Å². The molecule has 0 bridgehead atoms. The maximum Gasteiger partial charge on any atom is 0.228 e. The summed E-state index contributed by atoms with van der Waals surface area (Å²) in [7, 11) is 4.60. The Morgan fingerprint density at radius 1 is 1.15 bits per heavy atom. The molecule has 0 saturated carbocycles. The summed E-state index contributed by atoms with van der Waals surface area (Å²) >= 11 is 0. The van der Waals surface area contributed by atoms with Gasteiger partial charge in [-0.2, -0.15) is 0 Å². The van der Waals surface area contributed by atoms with E-state index in [-0.39, 0.29) is 30.2 Å². The van der Waals surface area contributed by atoms with Crippen LogP contribution in [0.4, 0.5) is 5.69 Å². The fourth-order valence-corrected chi connectivity index (χ4v) is 3.75. The number of ether oxygens (including phenoxy) is 3. The second-order valence-electron chi connectivity index (χ2n) is 6.87. The number of methoxy groups -OCH3 is 3. The van der Waals surface area contributed by atoms with Crippen LogP contribution in [-0.4, -0.2) is 70.3 Å². The van der Waals surface area contributed by atoms with Crippen molar-refractivity contribution in [1.82, 2.24) is 10.2 Å². The standard InChI is InChI=1S/C19H27N3O5/c1-12-10-20-5-6-21(12)19(24)13-7-17(23)22(11-13)14-8-15(25-2)18(27-4)16(9-14)26-3/h8-9,12-13,20H,5-7,10-11H2,1-4H3/t12-,13?/m1/s1. The van der Waals surface area contributed by atoms with Gasteiger partial charge in [-0.25, -0.2) is 0 Å². The molecule has 8 heteroatoms. The molecule has 2 saturated heterocycles. The summed E-state index contributed by atoms with van der Waals surface area (Å²) < 4.78 is 16.1. The van der Waals surface area contributed by atoms with Crippen molar-refractivity contribution < 1.29 is 23.8 Å². The number of benzene rings is 1. The highest BCUT2D eigenvalue weighted by atomic mass is 16.5. The van der Waals surface area contributed by atoms with Gasteiger partial charge in [0, 0.05) is 50.8 Å². The van der Waals surface area contributed by atoms with Gasteiger partial charge in [-0.15, -0.1) is 0 Å². The van der Waals surface area contributed by atoms with E-state index in [4.69, 9.17) is 14.2 Å². The van der Waals surface area contributed by atoms with Crippen molar-refractivity contribution in [3.63, 3.8) is 0 Å². The Morgan fingerprint density at radius 3 is 2.37 bits per heavy atom. The van der Waals surface area contributed by atoms with Gasteiger partial charge < -0.3 is 29.3 Å². The summed E-state index contributed by atoms with van der Waals surface area (Å²) in [6, 6.07) is 3.61. The molecule has 1 N–H and O–H groups in total. The van der Waals surface area contributed by atoms with E-state index < -0.39 is 0 Å². The van der Waals surface area contributed by atoms with E-state index in [1.807, 2.05) is 11.8 Å². The van der Waals surface area contributed by atoms with Crippen molar-refractivity contribution >= 4 is 17.5 Å². The Hall–Kier alpha value is -2.48. The van der Waals surface area contributed by atoms with Crippen molar-refractivity contribution in [2.45, 2.75) is 19.4 Å². The molecule has 3 rings (SSSR count). The number of nitrogens with zero attached hydrogens (tertiary/aromatic N) is 2. The van der Waals surface area contributed by atoms with Gasteiger partial charge in [0.2, 0.25) is 17.6 Å². The lowest BCUT2D eigenvalue weighted by Crippen LogP contribution is -2.54. The number of rotatable bonds is 5. The first-order valence-electron chi connectivity index (χ1n) is 9.11. The van der Waals surface area contributed by atoms with Crippen molar-refractivity contribution in [3.05, 3.63) is 12.1 Å². The average molecular weight is 377 g/mol. The summed E-state index contributed by atoms with van der Waals surface area (Å²) in [6.45, 7) is 4.62. The lowest BCUT2D eigenvalue weighted by Gasteiger charge is -2.35. The van der Waals surface area contributed by atoms with E-state index in [0.29, 0.717) is 36.0 Å². The first-order valence-corrected chi connectivity index (χ1v) is 9.11. The van der Waals surface area contributed by atoms with E-state index in [2.05, 4.69) is 5.32 Å². The highest BCUT2D eigenvalue weighted by molar-refractivity contribution is 6.00. The second kappa shape index (κ2) is 8.04. The van der Waals surface area contributed by atoms with Crippen LogP contribution in [0.25, 0.3) is 0 Å². The first kappa shape index (κ1) is 19.3. The second-order valence-corrected chi connectivity index (χ2v) is 6.87. The van der Waals surface area contributed by atoms with E-state index in [1.54, 1.807) is 17.0 Å². The summed E-state index contributed by atoms with van der Waals surface area (Å²) in [5.74, 6) is 1.06. The van der Waals surface area contributed by atoms with Crippen LogP contribution in [0, 0.1) is 5.92 Å². The maximum atomic E-state index is 12.9. The van der Waals surface area contributed by atoms with Gasteiger partial charge >= 0.3 is 0 Å². The monoisotopic (exact) mass is 377 g/mol. The lowest BCUT2D eigenvalue weighted by molar-refractivity contribution is -0.138. The summed E-state index contributed by atoms with van der Waals surface area (Å²) in [5.41, 5.74) is 0.637. The lowest BCUT2D eigenvalue weighted by atomic mass is 10.1. The molecule has 0 spiro atoms. The number of carbonyl (C=O) groups excluding carboxylic acids is 2. The molecule has 0 aromatic heterocycles. The van der Waals surface area contributed by atoms with Gasteiger partial charge in [-0.1, -0.05) is 0 Å². The molecular formula is C19H27N3O5. The highest BCUT2D eigenvalue weighted by Gasteiger charge is 2.39. The third-order valence-electron chi connectivity index (χ3n) is 5.22. The van der Waals surface area contributed by atoms with Gasteiger partial charge in [0.05, 0.1) is 32.9 Å². The third-order valence-corrected chi connectivity index (χ3v) is 5.22. The Bertz CT molecular complexity index is 698. The minimum absolute atomic E-state index is 0.0484. The van der Waals surface area contributed by atoms with Crippen LogP contribution < -0.4 is 24.4 Å². The van der Waals surface area contributed by atoms with Crippen LogP contribution in [0.1, 0.15) is 13.3 Å². The van der Waals surface area contributed by atoms with Crippen molar-refractivity contribution in [3.8, 4) is 17.2 Å². The predicted octanol–water partition coefficient (Wildman–Crippen LogP) is 0.886. The highest BCUT2D eigenvalue weighted by Crippen LogP contribution is 2.42. The average Bonchev–Trinajstić information content (AvgIpc) is 3.08. The number of amides is 2. The molecule has 8 nitrogen and oxygen atoms in total. The molecule has 1 unspecified atom stereocenters. The molecule has 2 amide bonds. The first-order chi connectivity index (χ1) is 13.0. The van der Waals surface area contributed by atoms with Crippen molar-refractivity contribution in [1.29, 1.82) is 0 Å². The topological polar surface area (TPSA) is 80.3 Å². The molecule has 2 fully saturated rings. The molecule has 27 heavy (non-hydrogen) atoms. The van der Waals surface area contributed by atoms with Gasteiger partial charge in [0.25, 0.3) is 0 Å². The van der Waals surface area contributed by atoms with Crippen LogP contribution in [0.5, 0.6) is 17.2 Å². The molecule has 1 aromatic carbocycles. The summed E-state index contributed by atoms with van der Waals surface area (Å²) in [6.07, 6.45) is 0.214. The van der Waals surface area contributed by atoms with Crippen LogP contribution >= 0.6 is 0 Å². The number of carbonyl (C=O) groups is 2. The van der Waals surface area contributed by atoms with Crippen molar-refractivity contribution in [2.75, 3.05) is 52.4 Å². The number of piperazine rings is 1. The van der Waals surface area contributed by atoms with Crippen LogP contribution in [0.3, 0.4) is 0 Å². The molecule has 0 radical (unpaired) electrons. The minimum Gasteiger partial charge on any atom is -0.493 e. The molecule has 1 aromatic rings. The SMILES string of the molecule is COc1cc(N2CC(C(=O)N3CCNC[C@H]3C)CC2=O)cc(OC)c1OC. The Labute approximate surface area is 159 Å². The normalized spacial score (nSPS) is 22.7. The molecule has 2 aliphatic rings. The number of anilines is 1. The largest absolute Gasteiger partial charge is 0.493 e. The zero-order valence-corrected chi connectivity index (χ0v) is 16.3. The molecule has 148 valence electrons. The Kier molecular flexibility index (Phi) is 5.74. The third kappa shape index (κ3) is 3.66. The van der Waals surface area contributed by atoms with Crippen molar-refractivity contribution in [2.24, 2.45) is 5.92 Å². The Morgan fingerprint density at radius 2 is 1.81 bits per heavy atom. The summed E-state index contributed by atoms with van der Waals surface area (Å²) in [5, 5.41) is 3.28. The van der Waals surface area contributed by atoms with E-state index >= 15 is 0 Å². The van der Waals surface area contributed by atoms with Gasteiger partial charge in [-0.05, 0) is 6.92 Å². The summed E-state index contributed by atoms with van der Waals surface area (Å²) in [4.78, 5) is 29.1. The smallest absolute Gasteiger partial charge is 0.228 e. The minimum atomic E-state index is -0.336.